The zero-order valence-corrected chi connectivity index (χ0v) is 12.9. The van der Waals surface area contributed by atoms with Crippen LogP contribution in [0.5, 0.6) is 11.5 Å². The molecule has 112 valence electrons. The van der Waals surface area contributed by atoms with Crippen molar-refractivity contribution in [2.24, 2.45) is 0 Å². The van der Waals surface area contributed by atoms with Gasteiger partial charge in [-0.05, 0) is 35.9 Å². The van der Waals surface area contributed by atoms with Crippen molar-refractivity contribution in [1.82, 2.24) is 4.98 Å². The number of aromatic hydroxyl groups is 1. The van der Waals surface area contributed by atoms with E-state index in [9.17, 15) is 5.11 Å². The molecular weight excluding hydrogens is 298 g/mol. The minimum atomic E-state index is 0. The third kappa shape index (κ3) is 3.38. The summed E-state index contributed by atoms with van der Waals surface area (Å²) in [4.78, 5) is 4.57. The van der Waals surface area contributed by atoms with Gasteiger partial charge in [0.25, 0.3) is 0 Å². The molecule has 0 aliphatic carbocycles. The Kier molecular flexibility index (Phi) is 5.02. The van der Waals surface area contributed by atoms with Crippen LogP contribution in [-0.2, 0) is 0 Å². The number of rotatable bonds is 3. The van der Waals surface area contributed by atoms with E-state index in [2.05, 4.69) is 4.98 Å². The Bertz CT molecular complexity index is 815. The molecule has 0 spiro atoms. The monoisotopic (exact) mass is 313 g/mol. The molecule has 4 heteroatoms. The highest BCUT2D eigenvalue weighted by Gasteiger charge is 2.00. The second-order valence-corrected chi connectivity index (χ2v) is 4.69. The average Bonchev–Trinajstić information content (AvgIpc) is 2.53. The molecule has 1 N–H and O–H groups in total. The molecule has 0 atom stereocenters. The van der Waals surface area contributed by atoms with Crippen LogP contribution in [0.3, 0.4) is 0 Å². The van der Waals surface area contributed by atoms with Crippen LogP contribution in [-0.4, -0.2) is 17.2 Å². The van der Waals surface area contributed by atoms with Crippen molar-refractivity contribution in [3.8, 4) is 11.5 Å². The van der Waals surface area contributed by atoms with E-state index < -0.39 is 0 Å². The van der Waals surface area contributed by atoms with Gasteiger partial charge in [-0.3, -0.25) is 0 Å². The maximum atomic E-state index is 9.76. The fourth-order valence-corrected chi connectivity index (χ4v) is 2.17. The molecule has 3 nitrogen and oxygen atoms in total. The Morgan fingerprint density at radius 1 is 1.00 bits per heavy atom. The maximum Gasteiger partial charge on any atom is 0.160 e. The number of phenolic OH excluding ortho intramolecular Hbond substituents is 1. The first-order chi connectivity index (χ1) is 10.3. The summed E-state index contributed by atoms with van der Waals surface area (Å²) in [6, 6.07) is 17.3. The summed E-state index contributed by atoms with van der Waals surface area (Å²) in [5.74, 6) is 0.599. The standard InChI is InChI=1S/C18H15NO2.ClH/c1-21-18-11-7-13(12-17(18)20)6-9-15-10-8-14-4-2-3-5-16(14)19-15;/h2-12,20H,1H3;1H/b9-6+;. The lowest BCUT2D eigenvalue weighted by molar-refractivity contribution is 0.373. The van der Waals surface area contributed by atoms with Crippen molar-refractivity contribution < 1.29 is 9.84 Å². The Morgan fingerprint density at radius 3 is 2.59 bits per heavy atom. The summed E-state index contributed by atoms with van der Waals surface area (Å²) in [5, 5.41) is 10.9. The van der Waals surface area contributed by atoms with Crippen molar-refractivity contribution in [3.63, 3.8) is 0 Å². The summed E-state index contributed by atoms with van der Waals surface area (Å²) in [7, 11) is 1.53. The molecule has 0 aliphatic heterocycles. The van der Waals surface area contributed by atoms with Crippen LogP contribution in [0.4, 0.5) is 0 Å². The zero-order chi connectivity index (χ0) is 14.7. The second-order valence-electron chi connectivity index (χ2n) is 4.69. The fraction of sp³-hybridized carbons (Fsp3) is 0.0556. The van der Waals surface area contributed by atoms with Gasteiger partial charge >= 0.3 is 0 Å². The molecule has 0 saturated heterocycles. The van der Waals surface area contributed by atoms with Crippen LogP contribution in [0.15, 0.2) is 54.6 Å². The maximum absolute atomic E-state index is 9.76. The smallest absolute Gasteiger partial charge is 0.160 e. The Morgan fingerprint density at radius 2 is 1.82 bits per heavy atom. The number of methoxy groups -OCH3 is 1. The van der Waals surface area contributed by atoms with Crippen LogP contribution in [0, 0.1) is 0 Å². The number of para-hydroxylation sites is 1. The fourth-order valence-electron chi connectivity index (χ4n) is 2.17. The molecule has 0 bridgehead atoms. The van der Waals surface area contributed by atoms with Gasteiger partial charge < -0.3 is 9.84 Å². The van der Waals surface area contributed by atoms with Crippen LogP contribution >= 0.6 is 12.4 Å². The van der Waals surface area contributed by atoms with Crippen molar-refractivity contribution >= 4 is 35.5 Å². The number of phenols is 1. The third-order valence-corrected chi connectivity index (χ3v) is 3.27. The van der Waals surface area contributed by atoms with Gasteiger partial charge in [0.2, 0.25) is 0 Å². The van der Waals surface area contributed by atoms with Gasteiger partial charge in [0.15, 0.2) is 11.5 Å². The van der Waals surface area contributed by atoms with E-state index in [4.69, 9.17) is 4.74 Å². The Hall–Kier alpha value is -2.52. The number of hydrogen-bond donors (Lipinski definition) is 1. The molecule has 0 amide bonds. The van der Waals surface area contributed by atoms with Crippen molar-refractivity contribution in [3.05, 3.63) is 65.9 Å². The van der Waals surface area contributed by atoms with E-state index in [1.807, 2.05) is 54.6 Å². The number of halogens is 1. The Labute approximate surface area is 135 Å². The van der Waals surface area contributed by atoms with Crippen LogP contribution < -0.4 is 4.74 Å². The molecule has 1 aromatic heterocycles. The van der Waals surface area contributed by atoms with Crippen LogP contribution in [0.1, 0.15) is 11.3 Å². The summed E-state index contributed by atoms with van der Waals surface area (Å²) < 4.78 is 5.02. The topological polar surface area (TPSA) is 42.4 Å². The lowest BCUT2D eigenvalue weighted by atomic mass is 10.1. The van der Waals surface area contributed by atoms with E-state index in [1.165, 1.54) is 7.11 Å². The molecule has 3 aromatic rings. The first kappa shape index (κ1) is 15.9. The number of nitrogens with zero attached hydrogens (tertiary/aromatic N) is 1. The molecule has 0 radical (unpaired) electrons. The van der Waals surface area contributed by atoms with Gasteiger partial charge in [-0.1, -0.05) is 36.4 Å². The number of fused-ring (bicyclic) bond motifs is 1. The Balaban J connectivity index is 0.00000176. The molecule has 0 aliphatic rings. The third-order valence-electron chi connectivity index (χ3n) is 3.27. The number of ether oxygens (including phenoxy) is 1. The van der Waals surface area contributed by atoms with Crippen LogP contribution in [0.2, 0.25) is 0 Å². The number of pyridine rings is 1. The molecule has 0 fully saturated rings. The predicted octanol–water partition coefficient (Wildman–Crippen LogP) is 4.54. The predicted molar refractivity (Wildman–Crippen MR) is 92.6 cm³/mol. The van der Waals surface area contributed by atoms with Gasteiger partial charge in [-0.25, -0.2) is 4.98 Å². The van der Waals surface area contributed by atoms with E-state index in [0.29, 0.717) is 5.75 Å². The van der Waals surface area contributed by atoms with E-state index in [0.717, 1.165) is 22.2 Å². The van der Waals surface area contributed by atoms with Gasteiger partial charge in [0.1, 0.15) is 0 Å². The molecule has 0 unspecified atom stereocenters. The molecular formula is C18H16ClNO2. The lowest BCUT2D eigenvalue weighted by Crippen LogP contribution is -1.84. The van der Waals surface area contributed by atoms with E-state index >= 15 is 0 Å². The first-order valence-electron chi connectivity index (χ1n) is 6.67. The van der Waals surface area contributed by atoms with Crippen molar-refractivity contribution in [2.75, 3.05) is 7.11 Å². The summed E-state index contributed by atoms with van der Waals surface area (Å²) in [6.45, 7) is 0. The van der Waals surface area contributed by atoms with Crippen molar-refractivity contribution in [2.45, 2.75) is 0 Å². The average molecular weight is 314 g/mol. The molecule has 1 heterocycles. The number of benzene rings is 2. The van der Waals surface area contributed by atoms with Gasteiger partial charge in [0.05, 0.1) is 18.3 Å². The molecule has 0 saturated carbocycles. The van der Waals surface area contributed by atoms with Crippen molar-refractivity contribution in [1.29, 1.82) is 0 Å². The lowest BCUT2D eigenvalue weighted by Gasteiger charge is -2.03. The normalized spacial score (nSPS) is 10.6. The summed E-state index contributed by atoms with van der Waals surface area (Å²) >= 11 is 0. The second kappa shape index (κ2) is 6.96. The van der Waals surface area contributed by atoms with Crippen LogP contribution in [0.25, 0.3) is 23.1 Å². The van der Waals surface area contributed by atoms with Gasteiger partial charge in [-0.15, -0.1) is 12.4 Å². The largest absolute Gasteiger partial charge is 0.504 e. The SMILES string of the molecule is COc1ccc(/C=C/c2ccc3ccccc3n2)cc1O.Cl. The molecule has 22 heavy (non-hydrogen) atoms. The minimum absolute atomic E-state index is 0. The van der Waals surface area contributed by atoms with Gasteiger partial charge in [0, 0.05) is 5.39 Å². The minimum Gasteiger partial charge on any atom is -0.504 e. The first-order valence-corrected chi connectivity index (χ1v) is 6.67. The highest BCUT2D eigenvalue weighted by Crippen LogP contribution is 2.27. The summed E-state index contributed by atoms with van der Waals surface area (Å²) in [5.41, 5.74) is 2.74. The number of aromatic nitrogens is 1. The summed E-state index contributed by atoms with van der Waals surface area (Å²) in [6.07, 6.45) is 3.84. The highest BCUT2D eigenvalue weighted by atomic mass is 35.5. The highest BCUT2D eigenvalue weighted by molar-refractivity contribution is 5.85. The zero-order valence-electron chi connectivity index (χ0n) is 12.1. The van der Waals surface area contributed by atoms with Gasteiger partial charge in [-0.2, -0.15) is 0 Å². The van der Waals surface area contributed by atoms with E-state index in [-0.39, 0.29) is 18.2 Å². The quantitative estimate of drug-likeness (QED) is 0.772. The molecule has 3 rings (SSSR count). The van der Waals surface area contributed by atoms with E-state index in [1.54, 1.807) is 12.1 Å². The number of hydrogen-bond acceptors (Lipinski definition) is 3. The molecule has 2 aromatic carbocycles.